The third-order valence-corrected chi connectivity index (χ3v) is 7.00. The van der Waals surface area contributed by atoms with Crippen LogP contribution in [0.5, 0.6) is 11.5 Å². The molecule has 1 heterocycles. The molecule has 35 heavy (non-hydrogen) atoms. The van der Waals surface area contributed by atoms with Crippen LogP contribution in [0.3, 0.4) is 0 Å². The summed E-state index contributed by atoms with van der Waals surface area (Å²) in [7, 11) is 0. The number of carboxylic acids is 1. The van der Waals surface area contributed by atoms with Crippen molar-refractivity contribution in [3.05, 3.63) is 64.2 Å². The third kappa shape index (κ3) is 6.14. The molecule has 5 nitrogen and oxygen atoms in total. The normalized spacial score (nSPS) is 14.3. The van der Waals surface area contributed by atoms with Gasteiger partial charge in [0.15, 0.2) is 0 Å². The fourth-order valence-corrected chi connectivity index (χ4v) is 4.75. The lowest BCUT2D eigenvalue weighted by atomic mass is 10.0. The van der Waals surface area contributed by atoms with Gasteiger partial charge in [-0.15, -0.1) is 11.3 Å². The lowest BCUT2D eigenvalue weighted by molar-refractivity contribution is -0.154. The number of rotatable bonds is 9. The number of ether oxygens (including phenoxy) is 2. The van der Waals surface area contributed by atoms with Crippen molar-refractivity contribution in [2.45, 2.75) is 65.3 Å². The maximum Gasteiger partial charge on any atom is 0.416 e. The lowest BCUT2D eigenvalue weighted by Gasteiger charge is -2.27. The molecular formula is C26H28F3NO4S. The van der Waals surface area contributed by atoms with Crippen LogP contribution in [0.1, 0.15) is 61.4 Å². The average Bonchev–Trinajstić information content (AvgIpc) is 3.17. The summed E-state index contributed by atoms with van der Waals surface area (Å²) < 4.78 is 50.5. The minimum atomic E-state index is -4.38. The first kappa shape index (κ1) is 26.5. The molecule has 0 saturated carbocycles. The molecule has 1 aromatic heterocycles. The van der Waals surface area contributed by atoms with Gasteiger partial charge in [-0.2, -0.15) is 13.2 Å². The quantitative estimate of drug-likeness (QED) is 0.323. The van der Waals surface area contributed by atoms with Crippen molar-refractivity contribution in [3.63, 3.8) is 0 Å². The number of halogens is 3. The van der Waals surface area contributed by atoms with Gasteiger partial charge in [-0.3, -0.25) is 0 Å². The molecule has 0 bridgehead atoms. The number of carbonyl (C=O) groups is 1. The van der Waals surface area contributed by atoms with Crippen molar-refractivity contribution in [2.24, 2.45) is 0 Å². The Balaban J connectivity index is 1.76. The summed E-state index contributed by atoms with van der Waals surface area (Å²) in [4.78, 5) is 17.1. The number of hydrogen-bond donors (Lipinski definition) is 1. The molecule has 9 heteroatoms. The average molecular weight is 508 g/mol. The molecule has 2 atom stereocenters. The minimum Gasteiger partial charge on any atom is -0.485 e. The number of aryl methyl sites for hydroxylation is 2. The molecule has 0 radical (unpaired) electrons. The lowest BCUT2D eigenvalue weighted by Crippen LogP contribution is -2.41. The molecule has 0 aliphatic carbocycles. The summed E-state index contributed by atoms with van der Waals surface area (Å²) in [5, 5.41) is 10.2. The van der Waals surface area contributed by atoms with Crippen molar-refractivity contribution >= 4 is 17.3 Å². The van der Waals surface area contributed by atoms with E-state index >= 15 is 0 Å². The molecule has 1 N–H and O–H groups in total. The van der Waals surface area contributed by atoms with Crippen molar-refractivity contribution in [1.29, 1.82) is 0 Å². The Labute approximate surface area is 206 Å². The highest BCUT2D eigenvalue weighted by Crippen LogP contribution is 2.37. The van der Waals surface area contributed by atoms with E-state index in [9.17, 15) is 23.1 Å². The molecule has 0 aliphatic heterocycles. The monoisotopic (exact) mass is 507 g/mol. The van der Waals surface area contributed by atoms with E-state index in [4.69, 9.17) is 9.47 Å². The highest BCUT2D eigenvalue weighted by Gasteiger charge is 2.35. The Morgan fingerprint density at radius 3 is 2.34 bits per heavy atom. The number of aliphatic carboxylic acids is 1. The Morgan fingerprint density at radius 2 is 1.80 bits per heavy atom. The second-order valence-corrected chi connectivity index (χ2v) is 9.65. The van der Waals surface area contributed by atoms with Crippen LogP contribution in [0.25, 0.3) is 10.6 Å². The second kappa shape index (κ2) is 10.3. The highest BCUT2D eigenvalue weighted by atomic mass is 32.1. The van der Waals surface area contributed by atoms with Gasteiger partial charge in [0.1, 0.15) is 22.6 Å². The van der Waals surface area contributed by atoms with Crippen LogP contribution < -0.4 is 9.47 Å². The highest BCUT2D eigenvalue weighted by molar-refractivity contribution is 7.15. The first-order chi connectivity index (χ1) is 16.3. The predicted octanol–water partition coefficient (Wildman–Crippen LogP) is 7.61. The first-order valence-electron chi connectivity index (χ1n) is 11.2. The molecular weight excluding hydrogens is 479 g/mol. The zero-order chi connectivity index (χ0) is 26.0. The topological polar surface area (TPSA) is 68.7 Å². The van der Waals surface area contributed by atoms with E-state index in [2.05, 4.69) is 4.98 Å². The number of aromatic nitrogens is 1. The molecule has 188 valence electrons. The number of carboxylic acid groups (broad SMARTS) is 1. The number of nitrogens with zero attached hydrogens (tertiary/aromatic N) is 1. The van der Waals surface area contributed by atoms with Crippen LogP contribution in [-0.2, 0) is 11.0 Å². The smallest absolute Gasteiger partial charge is 0.416 e. The van der Waals surface area contributed by atoms with E-state index in [0.717, 1.165) is 28.3 Å². The summed E-state index contributed by atoms with van der Waals surface area (Å²) in [5.74, 6) is 0.0397. The van der Waals surface area contributed by atoms with E-state index in [1.54, 1.807) is 25.1 Å². The van der Waals surface area contributed by atoms with Crippen LogP contribution in [0.2, 0.25) is 0 Å². The molecule has 0 aliphatic rings. The summed E-state index contributed by atoms with van der Waals surface area (Å²) in [6.45, 7) is 8.99. The second-order valence-electron chi connectivity index (χ2n) is 8.62. The first-order valence-corrected chi connectivity index (χ1v) is 12.0. The van der Waals surface area contributed by atoms with Gasteiger partial charge in [0.25, 0.3) is 0 Å². The number of alkyl halides is 3. The van der Waals surface area contributed by atoms with E-state index < -0.39 is 23.3 Å². The fraction of sp³-hybridized carbons (Fsp3) is 0.385. The van der Waals surface area contributed by atoms with Crippen LogP contribution in [0, 0.1) is 13.8 Å². The van der Waals surface area contributed by atoms with Gasteiger partial charge in [-0.05, 0) is 70.0 Å². The molecule has 3 aromatic rings. The largest absolute Gasteiger partial charge is 0.485 e. The zero-order valence-electron chi connectivity index (χ0n) is 20.2. The van der Waals surface area contributed by atoms with Crippen molar-refractivity contribution in [1.82, 2.24) is 4.98 Å². The summed E-state index contributed by atoms with van der Waals surface area (Å²) >= 11 is 1.37. The third-order valence-electron chi connectivity index (χ3n) is 5.63. The van der Waals surface area contributed by atoms with Crippen molar-refractivity contribution in [2.75, 3.05) is 0 Å². The Hall–Kier alpha value is -3.07. The minimum absolute atomic E-state index is 0.355. The number of hydrogen-bond acceptors (Lipinski definition) is 5. The molecule has 0 saturated heterocycles. The van der Waals surface area contributed by atoms with Gasteiger partial charge in [0.2, 0.25) is 5.60 Å². The Bertz CT molecular complexity index is 1190. The van der Waals surface area contributed by atoms with Crippen LogP contribution in [0.15, 0.2) is 42.5 Å². The Kier molecular flexibility index (Phi) is 7.79. The molecule has 0 fully saturated rings. The molecule has 0 spiro atoms. The summed E-state index contributed by atoms with van der Waals surface area (Å²) in [6.07, 6.45) is -3.69. The molecule has 2 aromatic carbocycles. The van der Waals surface area contributed by atoms with Gasteiger partial charge in [0, 0.05) is 5.56 Å². The van der Waals surface area contributed by atoms with Gasteiger partial charge < -0.3 is 14.6 Å². The van der Waals surface area contributed by atoms with E-state index in [0.29, 0.717) is 34.9 Å². The standard InChI is InChI=1S/C26H28F3NO4S/c1-6-13-25(5,24(31)32)34-21-12-11-20(14-15(21)2)33-17(4)22-16(3)30-23(35-22)18-7-9-19(10-8-18)26(27,28)29/h7-12,14,17H,6,13H2,1-5H3,(H,31,32). The van der Waals surface area contributed by atoms with Crippen LogP contribution >= 0.6 is 11.3 Å². The maximum atomic E-state index is 12.8. The number of thiazole rings is 1. The molecule has 3 rings (SSSR count). The zero-order valence-corrected chi connectivity index (χ0v) is 21.0. The Morgan fingerprint density at radius 1 is 1.14 bits per heavy atom. The van der Waals surface area contributed by atoms with E-state index in [-0.39, 0.29) is 6.10 Å². The fourth-order valence-electron chi connectivity index (χ4n) is 3.70. The summed E-state index contributed by atoms with van der Waals surface area (Å²) in [6, 6.07) is 10.1. The van der Waals surface area contributed by atoms with Crippen molar-refractivity contribution in [3.8, 4) is 22.1 Å². The molecule has 0 amide bonds. The maximum absolute atomic E-state index is 12.8. The van der Waals surface area contributed by atoms with Gasteiger partial charge in [-0.1, -0.05) is 25.5 Å². The van der Waals surface area contributed by atoms with E-state index in [1.165, 1.54) is 23.5 Å². The van der Waals surface area contributed by atoms with Gasteiger partial charge >= 0.3 is 12.1 Å². The van der Waals surface area contributed by atoms with Crippen LogP contribution in [0.4, 0.5) is 13.2 Å². The SMILES string of the molecule is CCCC(C)(Oc1ccc(OC(C)c2sc(-c3ccc(C(F)(F)F)cc3)nc2C)cc1C)C(=O)O. The summed E-state index contributed by atoms with van der Waals surface area (Å²) in [5.41, 5.74) is 0.0718. The van der Waals surface area contributed by atoms with Crippen molar-refractivity contribution < 1.29 is 32.5 Å². The predicted molar refractivity (Wildman–Crippen MR) is 129 cm³/mol. The molecule has 2 unspecified atom stereocenters. The van der Waals surface area contributed by atoms with Crippen LogP contribution in [-0.4, -0.2) is 21.7 Å². The van der Waals surface area contributed by atoms with Gasteiger partial charge in [-0.25, -0.2) is 9.78 Å². The van der Waals surface area contributed by atoms with Gasteiger partial charge in [0.05, 0.1) is 16.1 Å². The number of benzene rings is 2. The van der Waals surface area contributed by atoms with E-state index in [1.807, 2.05) is 27.7 Å².